The summed E-state index contributed by atoms with van der Waals surface area (Å²) < 4.78 is -0.934. The lowest BCUT2D eigenvalue weighted by atomic mass is 10.1. The van der Waals surface area contributed by atoms with Crippen molar-refractivity contribution in [3.05, 3.63) is 30.1 Å². The molecule has 1 rings (SSSR count). The van der Waals surface area contributed by atoms with Gasteiger partial charge in [-0.3, -0.25) is 9.78 Å². The van der Waals surface area contributed by atoms with E-state index in [0.717, 1.165) is 18.6 Å². The fourth-order valence-corrected chi connectivity index (χ4v) is 2.54. The SMILES string of the molecule is CCCCSC(C)(C(=O)O)c1ccccn1. The van der Waals surface area contributed by atoms with Crippen molar-refractivity contribution in [2.45, 2.75) is 31.4 Å². The molecular formula is C12H17NO2S. The van der Waals surface area contributed by atoms with Crippen LogP contribution in [0.4, 0.5) is 0 Å². The Bertz CT molecular complexity index is 342. The van der Waals surface area contributed by atoms with Crippen molar-refractivity contribution in [2.75, 3.05) is 5.75 Å². The number of thioether (sulfide) groups is 1. The van der Waals surface area contributed by atoms with E-state index >= 15 is 0 Å². The number of hydrogen-bond donors (Lipinski definition) is 1. The molecule has 1 N–H and O–H groups in total. The highest BCUT2D eigenvalue weighted by molar-refractivity contribution is 8.00. The maximum atomic E-state index is 11.4. The third-order valence-corrected chi connectivity index (χ3v) is 3.90. The molecule has 0 fully saturated rings. The predicted molar refractivity (Wildman–Crippen MR) is 66.6 cm³/mol. The summed E-state index contributed by atoms with van der Waals surface area (Å²) in [6.45, 7) is 3.82. The Balaban J connectivity index is 2.85. The minimum atomic E-state index is -0.934. The minimum Gasteiger partial charge on any atom is -0.480 e. The molecule has 3 nitrogen and oxygen atoms in total. The Kier molecular flexibility index (Phi) is 4.80. The van der Waals surface area contributed by atoms with Crippen molar-refractivity contribution >= 4 is 17.7 Å². The monoisotopic (exact) mass is 239 g/mol. The normalized spacial score (nSPS) is 14.4. The summed E-state index contributed by atoms with van der Waals surface area (Å²) >= 11 is 1.45. The van der Waals surface area contributed by atoms with Gasteiger partial charge in [0.05, 0.1) is 5.69 Å². The van der Waals surface area contributed by atoms with E-state index < -0.39 is 10.7 Å². The van der Waals surface area contributed by atoms with Crippen LogP contribution in [-0.2, 0) is 9.54 Å². The number of aromatic nitrogens is 1. The zero-order valence-electron chi connectivity index (χ0n) is 9.64. The van der Waals surface area contributed by atoms with Gasteiger partial charge in [0.15, 0.2) is 4.75 Å². The number of nitrogens with zero attached hydrogens (tertiary/aromatic N) is 1. The van der Waals surface area contributed by atoms with Gasteiger partial charge in [0.2, 0.25) is 0 Å². The van der Waals surface area contributed by atoms with Crippen LogP contribution in [0.1, 0.15) is 32.4 Å². The molecule has 0 aliphatic carbocycles. The number of carbonyl (C=O) groups is 1. The second-order valence-electron chi connectivity index (χ2n) is 3.76. The molecule has 0 radical (unpaired) electrons. The fourth-order valence-electron chi connectivity index (χ4n) is 1.31. The fraction of sp³-hybridized carbons (Fsp3) is 0.500. The van der Waals surface area contributed by atoms with Gasteiger partial charge in [-0.1, -0.05) is 19.4 Å². The van der Waals surface area contributed by atoms with E-state index in [1.165, 1.54) is 11.8 Å². The molecule has 88 valence electrons. The summed E-state index contributed by atoms with van der Waals surface area (Å²) in [5.41, 5.74) is 0.614. The van der Waals surface area contributed by atoms with Crippen LogP contribution in [0.15, 0.2) is 24.4 Å². The summed E-state index contributed by atoms with van der Waals surface area (Å²) in [4.78, 5) is 15.5. The van der Waals surface area contributed by atoms with E-state index in [2.05, 4.69) is 11.9 Å². The molecule has 1 unspecified atom stereocenters. The molecule has 16 heavy (non-hydrogen) atoms. The van der Waals surface area contributed by atoms with Gasteiger partial charge < -0.3 is 5.11 Å². The van der Waals surface area contributed by atoms with Crippen molar-refractivity contribution < 1.29 is 9.90 Å². The van der Waals surface area contributed by atoms with Crippen molar-refractivity contribution in [3.63, 3.8) is 0 Å². The molecule has 0 amide bonds. The maximum Gasteiger partial charge on any atom is 0.325 e. The van der Waals surface area contributed by atoms with Crippen LogP contribution in [0.25, 0.3) is 0 Å². The van der Waals surface area contributed by atoms with Crippen molar-refractivity contribution in [1.29, 1.82) is 0 Å². The van der Waals surface area contributed by atoms with Gasteiger partial charge in [-0.2, -0.15) is 0 Å². The largest absolute Gasteiger partial charge is 0.480 e. The highest BCUT2D eigenvalue weighted by atomic mass is 32.2. The number of aliphatic carboxylic acids is 1. The van der Waals surface area contributed by atoms with Crippen LogP contribution in [0.2, 0.25) is 0 Å². The Labute approximate surface area is 100 Å². The molecule has 0 aliphatic heterocycles. The average Bonchev–Trinajstić information content (AvgIpc) is 2.30. The molecule has 0 bridgehead atoms. The Hall–Kier alpha value is -1.03. The van der Waals surface area contributed by atoms with E-state index in [9.17, 15) is 9.90 Å². The number of pyridine rings is 1. The highest BCUT2D eigenvalue weighted by Gasteiger charge is 2.36. The minimum absolute atomic E-state index is 0.614. The lowest BCUT2D eigenvalue weighted by Crippen LogP contribution is -2.30. The zero-order chi connectivity index (χ0) is 12.0. The third-order valence-electron chi connectivity index (χ3n) is 2.45. The molecule has 4 heteroatoms. The number of hydrogen-bond acceptors (Lipinski definition) is 3. The third kappa shape index (κ3) is 2.98. The molecule has 0 saturated heterocycles. The van der Waals surface area contributed by atoms with E-state index in [1.54, 1.807) is 25.3 Å². The summed E-state index contributed by atoms with van der Waals surface area (Å²) in [7, 11) is 0. The smallest absolute Gasteiger partial charge is 0.325 e. The van der Waals surface area contributed by atoms with Gasteiger partial charge in [-0.25, -0.2) is 0 Å². The van der Waals surface area contributed by atoms with Crippen molar-refractivity contribution in [1.82, 2.24) is 4.98 Å². The standard InChI is InChI=1S/C12H17NO2S/c1-3-4-9-16-12(2,11(14)15)10-7-5-6-8-13-10/h5-8H,3-4,9H2,1-2H3,(H,14,15). The maximum absolute atomic E-state index is 11.4. The molecule has 1 aromatic heterocycles. The quantitative estimate of drug-likeness (QED) is 0.775. The molecule has 1 atom stereocenters. The highest BCUT2D eigenvalue weighted by Crippen LogP contribution is 2.35. The summed E-state index contributed by atoms with van der Waals surface area (Å²) in [5, 5.41) is 9.32. The summed E-state index contributed by atoms with van der Waals surface area (Å²) in [6.07, 6.45) is 3.74. The molecule has 1 heterocycles. The van der Waals surface area contributed by atoms with Crippen molar-refractivity contribution in [3.8, 4) is 0 Å². The zero-order valence-corrected chi connectivity index (χ0v) is 10.5. The van der Waals surface area contributed by atoms with E-state index in [0.29, 0.717) is 5.69 Å². The van der Waals surface area contributed by atoms with Gasteiger partial charge in [-0.15, -0.1) is 11.8 Å². The second-order valence-corrected chi connectivity index (χ2v) is 5.27. The van der Waals surface area contributed by atoms with Crippen LogP contribution in [0.3, 0.4) is 0 Å². The second kappa shape index (κ2) is 5.89. The van der Waals surface area contributed by atoms with Crippen LogP contribution >= 0.6 is 11.8 Å². The average molecular weight is 239 g/mol. The number of carboxylic acids is 1. The summed E-state index contributed by atoms with van der Waals surface area (Å²) in [6, 6.07) is 5.39. The van der Waals surface area contributed by atoms with Gasteiger partial charge >= 0.3 is 5.97 Å². The molecule has 1 aromatic rings. The van der Waals surface area contributed by atoms with Crippen LogP contribution in [0, 0.1) is 0 Å². The van der Waals surface area contributed by atoms with Crippen LogP contribution in [0.5, 0.6) is 0 Å². The first-order valence-corrected chi connectivity index (χ1v) is 6.38. The lowest BCUT2D eigenvalue weighted by Gasteiger charge is -2.23. The van der Waals surface area contributed by atoms with Gasteiger partial charge in [0.1, 0.15) is 0 Å². The van der Waals surface area contributed by atoms with Gasteiger partial charge in [-0.05, 0) is 31.2 Å². The Morgan fingerprint density at radius 3 is 2.81 bits per heavy atom. The van der Waals surface area contributed by atoms with Crippen LogP contribution in [-0.4, -0.2) is 21.8 Å². The molecule has 0 spiro atoms. The Morgan fingerprint density at radius 2 is 2.31 bits per heavy atom. The molecule has 0 aromatic carbocycles. The van der Waals surface area contributed by atoms with Gasteiger partial charge in [0, 0.05) is 6.20 Å². The first-order valence-electron chi connectivity index (χ1n) is 5.40. The van der Waals surface area contributed by atoms with E-state index in [1.807, 2.05) is 6.07 Å². The summed E-state index contributed by atoms with van der Waals surface area (Å²) in [5.74, 6) is 0.0166. The Morgan fingerprint density at radius 1 is 1.56 bits per heavy atom. The number of rotatable bonds is 6. The molecule has 0 aliphatic rings. The van der Waals surface area contributed by atoms with Crippen LogP contribution < -0.4 is 0 Å². The number of unbranched alkanes of at least 4 members (excludes halogenated alkanes) is 1. The number of carboxylic acid groups (broad SMARTS) is 1. The lowest BCUT2D eigenvalue weighted by molar-refractivity contribution is -0.139. The van der Waals surface area contributed by atoms with E-state index in [-0.39, 0.29) is 0 Å². The predicted octanol–water partition coefficient (Wildman–Crippen LogP) is 2.91. The topological polar surface area (TPSA) is 50.2 Å². The molecule has 0 saturated carbocycles. The van der Waals surface area contributed by atoms with E-state index in [4.69, 9.17) is 0 Å². The molecular weight excluding hydrogens is 222 g/mol. The van der Waals surface area contributed by atoms with Gasteiger partial charge in [0.25, 0.3) is 0 Å². The van der Waals surface area contributed by atoms with Crippen molar-refractivity contribution in [2.24, 2.45) is 0 Å². The first kappa shape index (κ1) is 13.0. The first-order chi connectivity index (χ1) is 7.61.